The molecule has 0 bridgehead atoms. The molecule has 1 aromatic rings. The Kier molecular flexibility index (Phi) is 5.58. The van der Waals surface area contributed by atoms with Gasteiger partial charge in [-0.15, -0.1) is 12.4 Å². The van der Waals surface area contributed by atoms with E-state index < -0.39 is 0 Å². The summed E-state index contributed by atoms with van der Waals surface area (Å²) in [6, 6.07) is 3.43. The van der Waals surface area contributed by atoms with Gasteiger partial charge in [-0.05, 0) is 30.9 Å². The Morgan fingerprint density at radius 1 is 1.35 bits per heavy atom. The van der Waals surface area contributed by atoms with Crippen LogP contribution >= 0.6 is 39.9 Å². The fourth-order valence-corrected chi connectivity index (χ4v) is 3.24. The monoisotopic (exact) mass is 339 g/mol. The maximum Gasteiger partial charge on any atom is 0.139 e. The molecule has 1 fully saturated rings. The molecule has 2 rings (SSSR count). The minimum Gasteiger partial charge on any atom is -0.506 e. The highest BCUT2D eigenvalue weighted by Gasteiger charge is 2.26. The third-order valence-electron chi connectivity index (χ3n) is 3.32. The Morgan fingerprint density at radius 2 is 1.94 bits per heavy atom. The van der Waals surface area contributed by atoms with Crippen LogP contribution in [0.5, 0.6) is 5.75 Å². The van der Waals surface area contributed by atoms with E-state index >= 15 is 0 Å². The lowest BCUT2D eigenvalue weighted by atomic mass is 9.92. The van der Waals surface area contributed by atoms with Crippen LogP contribution < -0.4 is 5.73 Å². The number of aromatic hydroxyl groups is 1. The predicted molar refractivity (Wildman–Crippen MR) is 77.0 cm³/mol. The SMILES string of the molecule is Cl.N[C@@H](c1cc(Br)cc(Cl)c1O)C1CCCC1. The molecule has 0 unspecified atom stereocenters. The molecule has 96 valence electrons. The number of phenols is 1. The summed E-state index contributed by atoms with van der Waals surface area (Å²) in [6.07, 6.45) is 4.76. The highest BCUT2D eigenvalue weighted by molar-refractivity contribution is 9.10. The number of rotatable bonds is 2. The Bertz CT molecular complexity index is 394. The molecule has 0 saturated heterocycles. The quantitative estimate of drug-likeness (QED) is 0.837. The Morgan fingerprint density at radius 3 is 2.53 bits per heavy atom. The van der Waals surface area contributed by atoms with Crippen molar-refractivity contribution < 1.29 is 5.11 Å². The van der Waals surface area contributed by atoms with Gasteiger partial charge in [0.05, 0.1) is 5.02 Å². The summed E-state index contributed by atoms with van der Waals surface area (Å²) in [6.45, 7) is 0. The van der Waals surface area contributed by atoms with Crippen LogP contribution in [0.15, 0.2) is 16.6 Å². The molecule has 2 nitrogen and oxygen atoms in total. The first-order valence-electron chi connectivity index (χ1n) is 5.53. The molecule has 0 heterocycles. The molecule has 0 spiro atoms. The van der Waals surface area contributed by atoms with Gasteiger partial charge in [-0.1, -0.05) is 40.4 Å². The van der Waals surface area contributed by atoms with Gasteiger partial charge in [0.25, 0.3) is 0 Å². The summed E-state index contributed by atoms with van der Waals surface area (Å²) in [5, 5.41) is 10.3. The first kappa shape index (κ1) is 15.1. The minimum absolute atomic E-state index is 0. The highest BCUT2D eigenvalue weighted by atomic mass is 79.9. The Hall–Kier alpha value is 0.0400. The van der Waals surface area contributed by atoms with Gasteiger partial charge in [-0.2, -0.15) is 0 Å². The molecule has 1 atom stereocenters. The molecule has 0 aliphatic heterocycles. The Labute approximate surface area is 121 Å². The van der Waals surface area contributed by atoms with E-state index in [1.165, 1.54) is 12.8 Å². The number of hydrogen-bond acceptors (Lipinski definition) is 2. The number of phenolic OH excluding ortho intramolecular Hbond substituents is 1. The van der Waals surface area contributed by atoms with Crippen molar-refractivity contribution in [3.8, 4) is 5.75 Å². The van der Waals surface area contributed by atoms with Crippen molar-refractivity contribution in [1.82, 2.24) is 0 Å². The third kappa shape index (κ3) is 3.28. The van der Waals surface area contributed by atoms with E-state index in [2.05, 4.69) is 15.9 Å². The van der Waals surface area contributed by atoms with Gasteiger partial charge < -0.3 is 10.8 Å². The van der Waals surface area contributed by atoms with Crippen LogP contribution in [0.4, 0.5) is 0 Å². The number of benzene rings is 1. The van der Waals surface area contributed by atoms with Gasteiger partial charge in [0.2, 0.25) is 0 Å². The molecule has 1 aliphatic rings. The van der Waals surface area contributed by atoms with Crippen LogP contribution in [0.1, 0.15) is 37.3 Å². The van der Waals surface area contributed by atoms with E-state index in [4.69, 9.17) is 17.3 Å². The van der Waals surface area contributed by atoms with Gasteiger partial charge in [-0.3, -0.25) is 0 Å². The molecule has 1 aliphatic carbocycles. The average molecular weight is 341 g/mol. The second-order valence-corrected chi connectivity index (χ2v) is 5.72. The molecule has 0 amide bonds. The maximum atomic E-state index is 9.92. The number of halogens is 3. The molecule has 0 aromatic heterocycles. The Balaban J connectivity index is 0.00000144. The zero-order chi connectivity index (χ0) is 11.7. The van der Waals surface area contributed by atoms with E-state index in [-0.39, 0.29) is 24.2 Å². The van der Waals surface area contributed by atoms with Crippen molar-refractivity contribution in [2.45, 2.75) is 31.7 Å². The summed E-state index contributed by atoms with van der Waals surface area (Å²) in [7, 11) is 0. The largest absolute Gasteiger partial charge is 0.506 e. The van der Waals surface area contributed by atoms with Crippen LogP contribution in [-0.2, 0) is 0 Å². The van der Waals surface area contributed by atoms with E-state index in [0.717, 1.165) is 22.9 Å². The fourth-order valence-electron chi connectivity index (χ4n) is 2.41. The first-order valence-corrected chi connectivity index (χ1v) is 6.70. The average Bonchev–Trinajstić information content (AvgIpc) is 2.75. The van der Waals surface area contributed by atoms with E-state index in [1.54, 1.807) is 6.07 Å². The second kappa shape index (κ2) is 6.28. The van der Waals surface area contributed by atoms with E-state index in [0.29, 0.717) is 10.9 Å². The summed E-state index contributed by atoms with van der Waals surface area (Å²) in [5.74, 6) is 0.598. The van der Waals surface area contributed by atoms with Crippen LogP contribution in [0.25, 0.3) is 0 Å². The van der Waals surface area contributed by atoms with Gasteiger partial charge in [0, 0.05) is 16.1 Å². The second-order valence-electron chi connectivity index (χ2n) is 4.40. The van der Waals surface area contributed by atoms with Crippen molar-refractivity contribution in [2.75, 3.05) is 0 Å². The molecule has 3 N–H and O–H groups in total. The number of hydrogen-bond donors (Lipinski definition) is 2. The van der Waals surface area contributed by atoms with Gasteiger partial charge >= 0.3 is 0 Å². The summed E-state index contributed by atoms with van der Waals surface area (Å²) in [5.41, 5.74) is 6.96. The molecular formula is C12H16BrCl2NO. The minimum atomic E-state index is -0.113. The lowest BCUT2D eigenvalue weighted by Gasteiger charge is -2.21. The highest BCUT2D eigenvalue weighted by Crippen LogP contribution is 2.40. The normalized spacial score (nSPS) is 17.8. The zero-order valence-electron chi connectivity index (χ0n) is 9.33. The van der Waals surface area contributed by atoms with Gasteiger partial charge in [0.15, 0.2) is 0 Å². The fraction of sp³-hybridized carbons (Fsp3) is 0.500. The predicted octanol–water partition coefficient (Wildman–Crippen LogP) is 4.42. The zero-order valence-corrected chi connectivity index (χ0v) is 12.5. The van der Waals surface area contributed by atoms with Crippen molar-refractivity contribution in [1.29, 1.82) is 0 Å². The third-order valence-corrected chi connectivity index (χ3v) is 4.07. The van der Waals surface area contributed by atoms with E-state index in [1.807, 2.05) is 6.07 Å². The van der Waals surface area contributed by atoms with Crippen LogP contribution in [0.3, 0.4) is 0 Å². The molecule has 17 heavy (non-hydrogen) atoms. The standard InChI is InChI=1S/C12H15BrClNO.ClH/c13-8-5-9(12(16)10(14)6-8)11(15)7-3-1-2-4-7;/h5-7,11,16H,1-4,15H2;1H/t11-;/m1./s1. The lowest BCUT2D eigenvalue weighted by molar-refractivity contribution is 0.412. The summed E-state index contributed by atoms with van der Waals surface area (Å²) < 4.78 is 0.860. The first-order chi connectivity index (χ1) is 7.59. The smallest absolute Gasteiger partial charge is 0.139 e. The summed E-state index contributed by atoms with van der Waals surface area (Å²) in [4.78, 5) is 0. The topological polar surface area (TPSA) is 46.2 Å². The van der Waals surface area contributed by atoms with E-state index in [9.17, 15) is 5.11 Å². The lowest BCUT2D eigenvalue weighted by Crippen LogP contribution is -2.19. The van der Waals surface area contributed by atoms with Crippen LogP contribution in [0.2, 0.25) is 5.02 Å². The maximum absolute atomic E-state index is 9.92. The molecular weight excluding hydrogens is 325 g/mol. The van der Waals surface area contributed by atoms with Crippen molar-refractivity contribution in [2.24, 2.45) is 11.7 Å². The molecule has 0 radical (unpaired) electrons. The van der Waals surface area contributed by atoms with Crippen molar-refractivity contribution in [3.05, 3.63) is 27.2 Å². The molecule has 1 saturated carbocycles. The van der Waals surface area contributed by atoms with Crippen LogP contribution in [0, 0.1) is 5.92 Å². The molecule has 5 heteroatoms. The molecule has 1 aromatic carbocycles. The van der Waals surface area contributed by atoms with Gasteiger partial charge in [-0.25, -0.2) is 0 Å². The summed E-state index contributed by atoms with van der Waals surface area (Å²) >= 11 is 9.31. The number of nitrogens with two attached hydrogens (primary N) is 1. The van der Waals surface area contributed by atoms with Crippen molar-refractivity contribution in [3.63, 3.8) is 0 Å². The van der Waals surface area contributed by atoms with Crippen molar-refractivity contribution >= 4 is 39.9 Å². The van der Waals surface area contributed by atoms with Crippen LogP contribution in [-0.4, -0.2) is 5.11 Å². The van der Waals surface area contributed by atoms with Gasteiger partial charge in [0.1, 0.15) is 5.75 Å².